The Kier molecular flexibility index (Phi) is 4.22. The summed E-state index contributed by atoms with van der Waals surface area (Å²) in [5, 5.41) is 10.0. The highest BCUT2D eigenvalue weighted by Crippen LogP contribution is 2.34. The Morgan fingerprint density at radius 1 is 1.24 bits per heavy atom. The first-order valence-corrected chi connectivity index (χ1v) is 7.36. The van der Waals surface area contributed by atoms with Crippen molar-refractivity contribution in [2.24, 2.45) is 0 Å². The summed E-state index contributed by atoms with van der Waals surface area (Å²) >= 11 is 0. The number of anilines is 1. The van der Waals surface area contributed by atoms with Crippen LogP contribution in [0.3, 0.4) is 0 Å². The van der Waals surface area contributed by atoms with Gasteiger partial charge in [-0.05, 0) is 6.42 Å². The number of morpholine rings is 1. The quantitative estimate of drug-likeness (QED) is 0.937. The number of aromatic nitrogens is 1. The van der Waals surface area contributed by atoms with Crippen LogP contribution >= 0.6 is 0 Å². The number of aliphatic hydroxyl groups excluding tert-OH is 1. The van der Waals surface area contributed by atoms with E-state index in [1.54, 1.807) is 0 Å². The van der Waals surface area contributed by atoms with Gasteiger partial charge in [0.05, 0.1) is 13.2 Å². The topological polar surface area (TPSA) is 58.7 Å². The monoisotopic (exact) mass is 288 g/mol. The summed E-state index contributed by atoms with van der Waals surface area (Å²) in [5.41, 5.74) is 1.79. The van der Waals surface area contributed by atoms with Crippen molar-refractivity contribution in [3.8, 4) is 11.3 Å². The zero-order valence-corrected chi connectivity index (χ0v) is 12.2. The fourth-order valence-electron chi connectivity index (χ4n) is 2.41. The Labute approximate surface area is 124 Å². The number of benzene rings is 1. The lowest BCUT2D eigenvalue weighted by Crippen LogP contribution is -2.36. The molecular formula is C16H20N2O3. The second kappa shape index (κ2) is 6.28. The first-order chi connectivity index (χ1) is 10.3. The van der Waals surface area contributed by atoms with Gasteiger partial charge in [0.15, 0.2) is 0 Å². The molecule has 0 aliphatic carbocycles. The predicted octanol–water partition coefficient (Wildman–Crippen LogP) is 2.62. The van der Waals surface area contributed by atoms with Gasteiger partial charge in [-0.1, -0.05) is 37.3 Å². The van der Waals surface area contributed by atoms with Crippen LogP contribution in [-0.4, -0.2) is 36.4 Å². The van der Waals surface area contributed by atoms with Crippen molar-refractivity contribution in [2.75, 3.05) is 31.2 Å². The number of ether oxygens (including phenoxy) is 1. The Bertz CT molecular complexity index is 576. The maximum Gasteiger partial charge on any atom is 0.226 e. The molecule has 2 heterocycles. The SMILES string of the molecule is CC[C@H](O)c1nc(-c2ccccc2)c(N2CCOCC2)o1. The van der Waals surface area contributed by atoms with E-state index in [9.17, 15) is 5.11 Å². The molecule has 1 N–H and O–H groups in total. The molecule has 1 aromatic heterocycles. The van der Waals surface area contributed by atoms with Gasteiger partial charge in [-0.2, -0.15) is 0 Å². The molecule has 3 rings (SSSR count). The highest BCUT2D eigenvalue weighted by atomic mass is 16.5. The van der Waals surface area contributed by atoms with E-state index in [-0.39, 0.29) is 0 Å². The fraction of sp³-hybridized carbons (Fsp3) is 0.438. The largest absolute Gasteiger partial charge is 0.422 e. The van der Waals surface area contributed by atoms with Crippen LogP contribution in [0.5, 0.6) is 0 Å². The molecule has 112 valence electrons. The molecule has 1 atom stereocenters. The summed E-state index contributed by atoms with van der Waals surface area (Å²) in [6.45, 7) is 4.82. The van der Waals surface area contributed by atoms with Crippen LogP contribution in [0.4, 0.5) is 5.88 Å². The minimum absolute atomic E-state index is 0.387. The van der Waals surface area contributed by atoms with Crippen molar-refractivity contribution < 1.29 is 14.3 Å². The zero-order valence-electron chi connectivity index (χ0n) is 12.2. The first-order valence-electron chi connectivity index (χ1n) is 7.36. The summed E-state index contributed by atoms with van der Waals surface area (Å²) in [6, 6.07) is 9.93. The molecule has 21 heavy (non-hydrogen) atoms. The van der Waals surface area contributed by atoms with Crippen LogP contribution in [-0.2, 0) is 4.74 Å². The Hall–Kier alpha value is -1.85. The molecular weight excluding hydrogens is 268 g/mol. The van der Waals surface area contributed by atoms with Crippen LogP contribution in [0.2, 0.25) is 0 Å². The third-order valence-corrected chi connectivity index (χ3v) is 3.64. The van der Waals surface area contributed by atoms with E-state index in [2.05, 4.69) is 9.88 Å². The second-order valence-corrected chi connectivity index (χ2v) is 5.10. The lowest BCUT2D eigenvalue weighted by atomic mass is 10.1. The number of rotatable bonds is 4. The molecule has 0 unspecified atom stereocenters. The molecule has 0 saturated carbocycles. The van der Waals surface area contributed by atoms with Crippen molar-refractivity contribution >= 4 is 5.88 Å². The molecule has 0 amide bonds. The smallest absolute Gasteiger partial charge is 0.226 e. The molecule has 2 aromatic rings. The van der Waals surface area contributed by atoms with Crippen molar-refractivity contribution in [1.29, 1.82) is 0 Å². The molecule has 1 aromatic carbocycles. The van der Waals surface area contributed by atoms with Gasteiger partial charge in [-0.15, -0.1) is 0 Å². The average molecular weight is 288 g/mol. The van der Waals surface area contributed by atoms with Crippen LogP contribution in [0.25, 0.3) is 11.3 Å². The molecule has 5 heteroatoms. The van der Waals surface area contributed by atoms with Gasteiger partial charge in [0, 0.05) is 18.7 Å². The molecule has 0 radical (unpaired) electrons. The molecule has 1 fully saturated rings. The molecule has 0 spiro atoms. The van der Waals surface area contributed by atoms with E-state index in [4.69, 9.17) is 9.15 Å². The first kappa shape index (κ1) is 14.1. The van der Waals surface area contributed by atoms with Gasteiger partial charge in [0.2, 0.25) is 11.8 Å². The van der Waals surface area contributed by atoms with Crippen molar-refractivity contribution in [3.63, 3.8) is 0 Å². The molecule has 1 saturated heterocycles. The van der Waals surface area contributed by atoms with E-state index in [0.717, 1.165) is 30.2 Å². The van der Waals surface area contributed by atoms with Gasteiger partial charge in [-0.3, -0.25) is 0 Å². The second-order valence-electron chi connectivity index (χ2n) is 5.10. The number of oxazole rings is 1. The van der Waals surface area contributed by atoms with Gasteiger partial charge in [-0.25, -0.2) is 4.98 Å². The van der Waals surface area contributed by atoms with Crippen LogP contribution < -0.4 is 4.90 Å². The minimum Gasteiger partial charge on any atom is -0.422 e. The molecule has 1 aliphatic rings. The highest BCUT2D eigenvalue weighted by molar-refractivity contribution is 5.71. The molecule has 1 aliphatic heterocycles. The number of hydrogen-bond acceptors (Lipinski definition) is 5. The Balaban J connectivity index is 2.01. The summed E-state index contributed by atoms with van der Waals surface area (Å²) in [7, 11) is 0. The average Bonchev–Trinajstić information content (AvgIpc) is 3.01. The van der Waals surface area contributed by atoms with Crippen LogP contribution in [0, 0.1) is 0 Å². The lowest BCUT2D eigenvalue weighted by Gasteiger charge is -2.26. The standard InChI is InChI=1S/C16H20N2O3/c1-2-13(19)15-17-14(12-6-4-3-5-7-12)16(21-15)18-8-10-20-11-9-18/h3-7,13,19H,2,8-11H2,1H3/t13-/m0/s1. The van der Waals surface area contributed by atoms with Crippen LogP contribution in [0.1, 0.15) is 25.3 Å². The summed E-state index contributed by atoms with van der Waals surface area (Å²) in [5.74, 6) is 1.12. The summed E-state index contributed by atoms with van der Waals surface area (Å²) < 4.78 is 11.3. The predicted molar refractivity (Wildman–Crippen MR) is 80.2 cm³/mol. The number of aliphatic hydroxyl groups is 1. The maximum absolute atomic E-state index is 10.0. The van der Waals surface area contributed by atoms with Crippen molar-refractivity contribution in [1.82, 2.24) is 4.98 Å². The lowest BCUT2D eigenvalue weighted by molar-refractivity contribution is 0.118. The third-order valence-electron chi connectivity index (χ3n) is 3.64. The Morgan fingerprint density at radius 2 is 1.95 bits per heavy atom. The van der Waals surface area contributed by atoms with E-state index in [1.807, 2.05) is 37.3 Å². The fourth-order valence-corrected chi connectivity index (χ4v) is 2.41. The van der Waals surface area contributed by atoms with Crippen molar-refractivity contribution in [2.45, 2.75) is 19.4 Å². The Morgan fingerprint density at radius 3 is 2.62 bits per heavy atom. The van der Waals surface area contributed by atoms with E-state index in [0.29, 0.717) is 25.5 Å². The van der Waals surface area contributed by atoms with E-state index >= 15 is 0 Å². The summed E-state index contributed by atoms with van der Waals surface area (Å²) in [4.78, 5) is 6.66. The minimum atomic E-state index is -0.665. The number of hydrogen-bond donors (Lipinski definition) is 1. The normalized spacial score (nSPS) is 17.0. The maximum atomic E-state index is 10.0. The highest BCUT2D eigenvalue weighted by Gasteiger charge is 2.24. The van der Waals surface area contributed by atoms with Gasteiger partial charge in [0.25, 0.3) is 0 Å². The molecule has 0 bridgehead atoms. The third kappa shape index (κ3) is 2.94. The summed E-state index contributed by atoms with van der Waals surface area (Å²) in [6.07, 6.45) is -0.0839. The zero-order chi connectivity index (χ0) is 14.7. The van der Waals surface area contributed by atoms with Gasteiger partial charge < -0.3 is 19.2 Å². The van der Waals surface area contributed by atoms with Gasteiger partial charge >= 0.3 is 0 Å². The van der Waals surface area contributed by atoms with Crippen LogP contribution in [0.15, 0.2) is 34.7 Å². The number of nitrogens with zero attached hydrogens (tertiary/aromatic N) is 2. The van der Waals surface area contributed by atoms with E-state index < -0.39 is 6.10 Å². The van der Waals surface area contributed by atoms with Gasteiger partial charge in [0.1, 0.15) is 11.8 Å². The van der Waals surface area contributed by atoms with Crippen molar-refractivity contribution in [3.05, 3.63) is 36.2 Å². The molecule has 5 nitrogen and oxygen atoms in total. The van der Waals surface area contributed by atoms with E-state index in [1.165, 1.54) is 0 Å².